The number of aliphatic carboxylic acids is 2. The zero-order chi connectivity index (χ0) is 33.3. The molecule has 0 bridgehead atoms. The summed E-state index contributed by atoms with van der Waals surface area (Å²) in [7, 11) is 0. The number of nitrogens with one attached hydrogen (secondary N) is 2. The molecule has 0 saturated carbocycles. The first kappa shape index (κ1) is 34.1. The molecular weight excluding hydrogens is 641 g/mol. The smallest absolute Gasteiger partial charge is 0.326 e. The molecule has 2 aliphatic rings. The number of nitrogens with two attached hydrogens (primary N) is 2. The molecule has 0 radical (unpaired) electrons. The normalized spacial score (nSPS) is 15.3. The van der Waals surface area contributed by atoms with E-state index in [1.54, 1.807) is 11.4 Å². The molecule has 1 saturated heterocycles. The summed E-state index contributed by atoms with van der Waals surface area (Å²) in [5, 5.41) is 23.2. The van der Waals surface area contributed by atoms with Crippen molar-refractivity contribution in [3.63, 3.8) is 0 Å². The fourth-order valence-electron chi connectivity index (χ4n) is 5.94. The zero-order valence-corrected chi connectivity index (χ0v) is 27.6. The predicted molar refractivity (Wildman–Crippen MR) is 184 cm³/mol. The second-order valence-corrected chi connectivity index (χ2v) is 13.5. The number of ether oxygens (including phenoxy) is 1. The molecule has 3 heterocycles. The number of likely N-dealkylation sites (tertiary alicyclic amines) is 1. The Morgan fingerprint density at radius 1 is 1.13 bits per heavy atom. The van der Waals surface area contributed by atoms with Crippen LogP contribution >= 0.6 is 23.3 Å². The third-order valence-electron chi connectivity index (χ3n) is 8.33. The number of carbonyl (C=O) groups excluding carboxylic acids is 1. The van der Waals surface area contributed by atoms with Crippen LogP contribution in [-0.2, 0) is 22.6 Å². The molecule has 3 aromatic rings. The van der Waals surface area contributed by atoms with Gasteiger partial charge in [-0.1, -0.05) is 24.3 Å². The first-order chi connectivity index (χ1) is 22.7. The van der Waals surface area contributed by atoms with Gasteiger partial charge in [0.15, 0.2) is 5.96 Å². The van der Waals surface area contributed by atoms with Gasteiger partial charge in [-0.15, -0.1) is 11.3 Å². The second-order valence-electron chi connectivity index (χ2n) is 11.7. The van der Waals surface area contributed by atoms with E-state index < -0.39 is 23.9 Å². The van der Waals surface area contributed by atoms with Crippen LogP contribution in [0.1, 0.15) is 52.9 Å². The Bertz CT molecular complexity index is 1620. The summed E-state index contributed by atoms with van der Waals surface area (Å²) in [5.41, 5.74) is 15.8. The van der Waals surface area contributed by atoms with Crippen molar-refractivity contribution < 1.29 is 29.3 Å². The zero-order valence-electron chi connectivity index (χ0n) is 25.9. The molecule has 12 nitrogen and oxygen atoms in total. The van der Waals surface area contributed by atoms with Crippen molar-refractivity contribution in [1.82, 2.24) is 10.2 Å². The Morgan fingerprint density at radius 3 is 2.66 bits per heavy atom. The van der Waals surface area contributed by atoms with E-state index in [1.807, 2.05) is 12.1 Å². The number of anilines is 1. The molecular formula is C33H40N6O6S2. The van der Waals surface area contributed by atoms with Crippen LogP contribution in [0.15, 0.2) is 57.7 Å². The summed E-state index contributed by atoms with van der Waals surface area (Å²) in [4.78, 5) is 43.6. The fourth-order valence-corrected chi connectivity index (χ4v) is 7.62. The fraction of sp³-hybridized carbons (Fsp3) is 0.394. The minimum Gasteiger partial charge on any atom is -0.492 e. The summed E-state index contributed by atoms with van der Waals surface area (Å²) in [5.74, 6) is -1.35. The summed E-state index contributed by atoms with van der Waals surface area (Å²) in [6, 6.07) is 13.4. The molecule has 0 aliphatic carbocycles. The summed E-state index contributed by atoms with van der Waals surface area (Å²) in [6.45, 7) is 3.39. The lowest BCUT2D eigenvalue weighted by Gasteiger charge is -2.31. The van der Waals surface area contributed by atoms with Crippen molar-refractivity contribution in [3.8, 4) is 16.9 Å². The molecule has 8 N–H and O–H groups in total. The number of carboxylic acids is 2. The van der Waals surface area contributed by atoms with Crippen LogP contribution in [0.3, 0.4) is 0 Å². The number of hydrogen-bond acceptors (Lipinski definition) is 9. The number of amides is 1. The van der Waals surface area contributed by atoms with Gasteiger partial charge in [0.05, 0.1) is 17.2 Å². The quantitative estimate of drug-likeness (QED) is 0.0577. The first-order valence-corrected chi connectivity index (χ1v) is 17.3. The third-order valence-corrected chi connectivity index (χ3v) is 10.1. The molecule has 1 aromatic heterocycles. The number of benzene rings is 2. The minimum atomic E-state index is -1.13. The number of nitrogens with zero attached hydrogens (tertiary/aromatic N) is 2. The van der Waals surface area contributed by atoms with Crippen molar-refractivity contribution >= 4 is 52.8 Å². The highest BCUT2D eigenvalue weighted by Crippen LogP contribution is 2.42. The molecule has 0 unspecified atom stereocenters. The van der Waals surface area contributed by atoms with E-state index in [0.29, 0.717) is 23.6 Å². The molecule has 0 spiro atoms. The largest absolute Gasteiger partial charge is 0.492 e. The number of aliphatic imine (C=N–C) groups is 1. The van der Waals surface area contributed by atoms with Gasteiger partial charge in [0.1, 0.15) is 16.7 Å². The Morgan fingerprint density at radius 2 is 1.91 bits per heavy atom. The molecule has 2 aromatic carbocycles. The summed E-state index contributed by atoms with van der Waals surface area (Å²) in [6.07, 6.45) is 3.38. The second kappa shape index (κ2) is 16.0. The van der Waals surface area contributed by atoms with Crippen LogP contribution in [-0.4, -0.2) is 71.2 Å². The Balaban J connectivity index is 1.28. The van der Waals surface area contributed by atoms with Crippen LogP contribution in [0.25, 0.3) is 11.1 Å². The standard InChI is InChI=1S/C33H40N6O6S2/c34-33(35)36-11-3-6-26(32(43)44)37-31(42)30-25(10-15-46-30)38-47-27-18-23(17-21-9-14-45-29(21)27)24-5-2-1-4-22(24)19-39-12-7-20(8-13-39)16-28(40)41/h1-2,4-5,10,15,17-18,20,26,38H,3,6-9,11-14,16,19H2,(H,37,42)(H,40,41)(H,43,44)(H4,34,35,36)/t26-/m0/s1. The molecule has 5 rings (SSSR count). The molecule has 1 atom stereocenters. The van der Waals surface area contributed by atoms with Gasteiger partial charge in [0.25, 0.3) is 5.91 Å². The van der Waals surface area contributed by atoms with Crippen LogP contribution < -0.4 is 26.2 Å². The number of carboxylic acid groups (broad SMARTS) is 2. The third kappa shape index (κ3) is 9.18. The van der Waals surface area contributed by atoms with E-state index in [-0.39, 0.29) is 31.3 Å². The van der Waals surface area contributed by atoms with Gasteiger partial charge in [-0.2, -0.15) is 0 Å². The SMILES string of the molecule is NC(N)=NCCC[C@H](NC(=O)c1sccc1NSc1cc(-c2ccccc2CN2CCC(CC(=O)O)CC2)cc2c1OCC2)C(=O)O. The lowest BCUT2D eigenvalue weighted by molar-refractivity contribution is -0.140. The van der Waals surface area contributed by atoms with E-state index in [0.717, 1.165) is 66.2 Å². The number of guanidine groups is 1. The monoisotopic (exact) mass is 680 g/mol. The average molecular weight is 681 g/mol. The van der Waals surface area contributed by atoms with E-state index >= 15 is 0 Å². The van der Waals surface area contributed by atoms with Gasteiger partial charge in [-0.3, -0.25) is 19.5 Å². The van der Waals surface area contributed by atoms with Crippen LogP contribution in [0.4, 0.5) is 5.69 Å². The predicted octanol–water partition coefficient (Wildman–Crippen LogP) is 4.39. The van der Waals surface area contributed by atoms with Crippen LogP contribution in [0.5, 0.6) is 5.75 Å². The van der Waals surface area contributed by atoms with Gasteiger partial charge in [-0.25, -0.2) is 4.79 Å². The minimum absolute atomic E-state index is 0.0649. The van der Waals surface area contributed by atoms with Gasteiger partial charge in [0, 0.05) is 25.9 Å². The summed E-state index contributed by atoms with van der Waals surface area (Å²) >= 11 is 2.58. The Hall–Kier alpha value is -4.27. The molecule has 2 aliphatic heterocycles. The van der Waals surface area contributed by atoms with Crippen LogP contribution in [0, 0.1) is 5.92 Å². The van der Waals surface area contributed by atoms with Crippen molar-refractivity contribution in [2.75, 3.05) is 31.0 Å². The number of piperidine rings is 1. The van der Waals surface area contributed by atoms with E-state index in [1.165, 1.54) is 28.8 Å². The maximum absolute atomic E-state index is 13.2. The van der Waals surface area contributed by atoms with Crippen molar-refractivity contribution in [1.29, 1.82) is 0 Å². The molecule has 250 valence electrons. The highest BCUT2D eigenvalue weighted by molar-refractivity contribution is 8.00. The number of rotatable bonds is 15. The number of carbonyl (C=O) groups is 3. The molecule has 1 fully saturated rings. The van der Waals surface area contributed by atoms with Crippen molar-refractivity contribution in [2.24, 2.45) is 22.4 Å². The van der Waals surface area contributed by atoms with Gasteiger partial charge in [-0.05, 0) is 102 Å². The highest BCUT2D eigenvalue weighted by atomic mass is 32.2. The molecule has 47 heavy (non-hydrogen) atoms. The van der Waals surface area contributed by atoms with E-state index in [4.69, 9.17) is 21.3 Å². The van der Waals surface area contributed by atoms with E-state index in [9.17, 15) is 19.5 Å². The van der Waals surface area contributed by atoms with Crippen molar-refractivity contribution in [2.45, 2.75) is 56.0 Å². The Labute approximate surface area is 281 Å². The number of thiophene rings is 1. The Kier molecular flexibility index (Phi) is 11.6. The van der Waals surface area contributed by atoms with E-state index in [2.05, 4.69) is 44.2 Å². The van der Waals surface area contributed by atoms with Crippen molar-refractivity contribution in [3.05, 3.63) is 63.8 Å². The topological polar surface area (TPSA) is 193 Å². The lowest BCUT2D eigenvalue weighted by Crippen LogP contribution is -2.40. The average Bonchev–Trinajstić information content (AvgIpc) is 3.72. The van der Waals surface area contributed by atoms with Gasteiger partial charge >= 0.3 is 11.9 Å². The summed E-state index contributed by atoms with van der Waals surface area (Å²) < 4.78 is 9.33. The number of fused-ring (bicyclic) bond motifs is 1. The molecule has 14 heteroatoms. The first-order valence-electron chi connectivity index (χ1n) is 15.6. The van der Waals surface area contributed by atoms with Gasteiger partial charge in [0.2, 0.25) is 0 Å². The lowest BCUT2D eigenvalue weighted by atomic mass is 9.92. The van der Waals surface area contributed by atoms with Crippen LogP contribution in [0.2, 0.25) is 0 Å². The highest BCUT2D eigenvalue weighted by Gasteiger charge is 2.25. The number of hydrogen-bond donors (Lipinski definition) is 6. The molecule has 1 amide bonds. The maximum Gasteiger partial charge on any atom is 0.326 e. The van der Waals surface area contributed by atoms with Gasteiger partial charge < -0.3 is 36.5 Å². The maximum atomic E-state index is 13.2.